The van der Waals surface area contributed by atoms with Crippen LogP contribution in [0.25, 0.3) is 0 Å². The molecular formula is C9H14OS. The summed E-state index contributed by atoms with van der Waals surface area (Å²) in [6.07, 6.45) is 3.76. The predicted octanol–water partition coefficient (Wildman–Crippen LogP) is 2.12. The zero-order chi connectivity index (χ0) is 8.01. The van der Waals surface area contributed by atoms with Gasteiger partial charge in [-0.05, 0) is 37.0 Å². The van der Waals surface area contributed by atoms with Gasteiger partial charge in [0.15, 0.2) is 5.12 Å². The van der Waals surface area contributed by atoms with E-state index in [4.69, 9.17) is 0 Å². The van der Waals surface area contributed by atoms with Crippen LogP contribution in [-0.2, 0) is 4.79 Å². The van der Waals surface area contributed by atoms with Crippen LogP contribution in [0.3, 0.4) is 0 Å². The maximum absolute atomic E-state index is 11.0. The average molecular weight is 170 g/mol. The lowest BCUT2D eigenvalue weighted by Crippen LogP contribution is -2.22. The summed E-state index contributed by atoms with van der Waals surface area (Å²) in [6.45, 7) is 2.27. The number of fused-ring (bicyclic) bond motifs is 2. The van der Waals surface area contributed by atoms with Gasteiger partial charge in [-0.15, -0.1) is 12.6 Å². The molecule has 2 bridgehead atoms. The van der Waals surface area contributed by atoms with Crippen molar-refractivity contribution in [2.24, 2.45) is 23.7 Å². The first-order valence-corrected chi connectivity index (χ1v) is 4.86. The molecule has 0 N–H and O–H groups in total. The second kappa shape index (κ2) is 2.51. The van der Waals surface area contributed by atoms with E-state index in [0.717, 1.165) is 18.3 Å². The van der Waals surface area contributed by atoms with Gasteiger partial charge >= 0.3 is 0 Å². The van der Waals surface area contributed by atoms with Gasteiger partial charge in [0.25, 0.3) is 0 Å². The van der Waals surface area contributed by atoms with E-state index < -0.39 is 0 Å². The molecule has 0 aromatic rings. The van der Waals surface area contributed by atoms with Crippen LogP contribution in [0.2, 0.25) is 0 Å². The Hall–Kier alpha value is 0.0200. The number of hydrogen-bond donors (Lipinski definition) is 1. The Labute approximate surface area is 73.0 Å². The van der Waals surface area contributed by atoms with Crippen molar-refractivity contribution >= 4 is 17.7 Å². The molecule has 0 aliphatic heterocycles. The van der Waals surface area contributed by atoms with E-state index in [0.29, 0.717) is 11.8 Å². The highest BCUT2D eigenvalue weighted by atomic mass is 32.1. The van der Waals surface area contributed by atoms with Gasteiger partial charge in [0.1, 0.15) is 0 Å². The fraction of sp³-hybridized carbons (Fsp3) is 0.889. The molecule has 0 aromatic carbocycles. The smallest absolute Gasteiger partial charge is 0.189 e. The highest BCUT2D eigenvalue weighted by Crippen LogP contribution is 2.52. The third kappa shape index (κ3) is 1.12. The SMILES string of the molecule is CC1CC2CC(C(=O)S)C1C2. The van der Waals surface area contributed by atoms with Crippen LogP contribution in [0.4, 0.5) is 0 Å². The zero-order valence-corrected chi connectivity index (χ0v) is 7.68. The molecular weight excluding hydrogens is 156 g/mol. The molecule has 2 fully saturated rings. The Morgan fingerprint density at radius 2 is 2.09 bits per heavy atom. The van der Waals surface area contributed by atoms with Crippen molar-refractivity contribution in [2.75, 3.05) is 0 Å². The molecule has 2 rings (SSSR count). The van der Waals surface area contributed by atoms with Gasteiger partial charge in [-0.3, -0.25) is 4.79 Å². The molecule has 4 unspecified atom stereocenters. The first-order chi connectivity index (χ1) is 5.18. The first-order valence-electron chi connectivity index (χ1n) is 4.41. The van der Waals surface area contributed by atoms with E-state index in [1.165, 1.54) is 12.8 Å². The number of rotatable bonds is 1. The van der Waals surface area contributed by atoms with Gasteiger partial charge < -0.3 is 0 Å². The summed E-state index contributed by atoms with van der Waals surface area (Å²) in [5, 5.41) is 0.129. The minimum atomic E-state index is 0.129. The molecule has 1 nitrogen and oxygen atoms in total. The van der Waals surface area contributed by atoms with Gasteiger partial charge in [0, 0.05) is 5.92 Å². The third-order valence-corrected chi connectivity index (χ3v) is 3.79. The second-order valence-electron chi connectivity index (χ2n) is 4.16. The van der Waals surface area contributed by atoms with E-state index >= 15 is 0 Å². The Kier molecular flexibility index (Phi) is 1.75. The van der Waals surface area contributed by atoms with Crippen LogP contribution in [-0.4, -0.2) is 5.12 Å². The fourth-order valence-electron chi connectivity index (χ4n) is 2.99. The van der Waals surface area contributed by atoms with Crippen LogP contribution in [0.1, 0.15) is 26.2 Å². The Bertz CT molecular complexity index is 190. The molecule has 2 saturated carbocycles. The molecule has 4 atom stereocenters. The van der Waals surface area contributed by atoms with Crippen LogP contribution in [0.15, 0.2) is 0 Å². The first kappa shape index (κ1) is 7.66. The number of hydrogen-bond acceptors (Lipinski definition) is 1. The van der Waals surface area contributed by atoms with Gasteiger partial charge in [-0.25, -0.2) is 0 Å². The lowest BCUT2D eigenvalue weighted by atomic mass is 9.82. The molecule has 2 heteroatoms. The summed E-state index contributed by atoms with van der Waals surface area (Å²) in [4.78, 5) is 11.0. The zero-order valence-electron chi connectivity index (χ0n) is 6.79. The van der Waals surface area contributed by atoms with Crippen molar-refractivity contribution in [3.8, 4) is 0 Å². The summed E-state index contributed by atoms with van der Waals surface area (Å²) in [5.41, 5.74) is 0. The van der Waals surface area contributed by atoms with Crippen LogP contribution < -0.4 is 0 Å². The van der Waals surface area contributed by atoms with Gasteiger partial charge in [0.2, 0.25) is 0 Å². The third-order valence-electron chi connectivity index (χ3n) is 3.46. The normalized spacial score (nSPS) is 48.2. The number of thiol groups is 1. The van der Waals surface area contributed by atoms with Crippen molar-refractivity contribution in [1.82, 2.24) is 0 Å². The number of carbonyl (C=O) groups excluding carboxylic acids is 1. The monoisotopic (exact) mass is 170 g/mol. The molecule has 0 saturated heterocycles. The van der Waals surface area contributed by atoms with E-state index in [1.807, 2.05) is 0 Å². The quantitative estimate of drug-likeness (QED) is 0.596. The predicted molar refractivity (Wildman–Crippen MR) is 47.5 cm³/mol. The minimum absolute atomic E-state index is 0.129. The lowest BCUT2D eigenvalue weighted by molar-refractivity contribution is -0.116. The molecule has 0 spiro atoms. The van der Waals surface area contributed by atoms with Crippen molar-refractivity contribution in [1.29, 1.82) is 0 Å². The molecule has 0 aromatic heterocycles. The molecule has 0 radical (unpaired) electrons. The highest BCUT2D eigenvalue weighted by molar-refractivity contribution is 7.96. The second-order valence-corrected chi connectivity index (χ2v) is 4.60. The molecule has 11 heavy (non-hydrogen) atoms. The van der Waals surface area contributed by atoms with E-state index in [2.05, 4.69) is 19.6 Å². The van der Waals surface area contributed by atoms with Crippen LogP contribution in [0, 0.1) is 23.7 Å². The summed E-state index contributed by atoms with van der Waals surface area (Å²) in [6, 6.07) is 0. The van der Waals surface area contributed by atoms with Crippen LogP contribution >= 0.6 is 12.6 Å². The van der Waals surface area contributed by atoms with Gasteiger partial charge in [0.05, 0.1) is 0 Å². The van der Waals surface area contributed by atoms with Crippen LogP contribution in [0.5, 0.6) is 0 Å². The molecule has 0 amide bonds. The maximum atomic E-state index is 11.0. The van der Waals surface area contributed by atoms with Crippen molar-refractivity contribution < 1.29 is 4.79 Å². The van der Waals surface area contributed by atoms with Crippen molar-refractivity contribution in [2.45, 2.75) is 26.2 Å². The summed E-state index contributed by atoms with van der Waals surface area (Å²) >= 11 is 3.93. The minimum Gasteiger partial charge on any atom is -0.287 e. The summed E-state index contributed by atoms with van der Waals surface area (Å²) < 4.78 is 0. The molecule has 2 aliphatic carbocycles. The largest absolute Gasteiger partial charge is 0.287 e. The van der Waals surface area contributed by atoms with E-state index in [-0.39, 0.29) is 5.12 Å². The fourth-order valence-corrected chi connectivity index (χ4v) is 3.28. The maximum Gasteiger partial charge on any atom is 0.189 e. The van der Waals surface area contributed by atoms with Gasteiger partial charge in [-0.1, -0.05) is 6.92 Å². The average Bonchev–Trinajstić information content (AvgIpc) is 2.43. The topological polar surface area (TPSA) is 17.1 Å². The summed E-state index contributed by atoms with van der Waals surface area (Å²) in [5.74, 6) is 2.59. The van der Waals surface area contributed by atoms with Gasteiger partial charge in [-0.2, -0.15) is 0 Å². The Morgan fingerprint density at radius 1 is 1.36 bits per heavy atom. The van der Waals surface area contributed by atoms with Crippen molar-refractivity contribution in [3.05, 3.63) is 0 Å². The standard InChI is InChI=1S/C9H14OS/c1-5-2-6-3-7(5)8(4-6)9(10)11/h5-8H,2-4H2,1H3,(H,10,11). The molecule has 2 aliphatic rings. The lowest BCUT2D eigenvalue weighted by Gasteiger charge is -2.23. The van der Waals surface area contributed by atoms with E-state index in [9.17, 15) is 4.79 Å². The number of carbonyl (C=O) groups is 1. The van der Waals surface area contributed by atoms with Crippen molar-refractivity contribution in [3.63, 3.8) is 0 Å². The van der Waals surface area contributed by atoms with E-state index in [1.54, 1.807) is 0 Å². The summed E-state index contributed by atoms with van der Waals surface area (Å²) in [7, 11) is 0. The molecule has 62 valence electrons. The Morgan fingerprint density at radius 3 is 2.45 bits per heavy atom. The Balaban J connectivity index is 2.12. The highest BCUT2D eigenvalue weighted by Gasteiger charge is 2.46. The molecule has 0 heterocycles.